The van der Waals surface area contributed by atoms with Crippen LogP contribution in [-0.4, -0.2) is 25.0 Å². The van der Waals surface area contributed by atoms with Gasteiger partial charge in [-0.2, -0.15) is 0 Å². The van der Waals surface area contributed by atoms with Crippen LogP contribution in [0.1, 0.15) is 26.2 Å². The smallest absolute Gasteiger partial charge is 0.347 e. The molecule has 0 spiro atoms. The van der Waals surface area contributed by atoms with Crippen molar-refractivity contribution in [2.75, 3.05) is 7.11 Å². The zero-order chi connectivity index (χ0) is 11.1. The Morgan fingerprint density at radius 2 is 2.40 bits per heavy atom. The monoisotopic (exact) mass is 210 g/mol. The van der Waals surface area contributed by atoms with Gasteiger partial charge in [-0.25, -0.2) is 4.79 Å². The lowest BCUT2D eigenvalue weighted by atomic mass is 9.76. The van der Waals surface area contributed by atoms with Crippen molar-refractivity contribution in [2.24, 2.45) is 5.41 Å². The fraction of sp³-hybridized carbons (Fsp3) is 0.636. The summed E-state index contributed by atoms with van der Waals surface area (Å²) in [5.74, 6) is 0.403. The van der Waals surface area contributed by atoms with Gasteiger partial charge in [-0.05, 0) is 19.4 Å². The van der Waals surface area contributed by atoms with Gasteiger partial charge in [0.2, 0.25) is 0 Å². The van der Waals surface area contributed by atoms with E-state index >= 15 is 0 Å². The number of ether oxygens (including phenoxy) is 2. The summed E-state index contributed by atoms with van der Waals surface area (Å²) in [4.78, 5) is 23.1. The van der Waals surface area contributed by atoms with E-state index in [-0.39, 0.29) is 5.78 Å². The largest absolute Gasteiger partial charge is 0.482 e. The summed E-state index contributed by atoms with van der Waals surface area (Å²) in [6.07, 6.45) is 2.94. The Morgan fingerprint density at radius 1 is 1.67 bits per heavy atom. The zero-order valence-electron chi connectivity index (χ0n) is 8.91. The summed E-state index contributed by atoms with van der Waals surface area (Å²) in [5, 5.41) is 0. The molecule has 1 aliphatic carbocycles. The van der Waals surface area contributed by atoms with Crippen LogP contribution in [-0.2, 0) is 19.1 Å². The number of Topliss-reactive ketones (excluding diaryl/α,β-unsaturated/α-hetero) is 1. The third-order valence-corrected chi connectivity index (χ3v) is 3.19. The lowest BCUT2D eigenvalue weighted by Crippen LogP contribution is -2.30. The van der Waals surface area contributed by atoms with E-state index in [0.29, 0.717) is 25.0 Å². The van der Waals surface area contributed by atoms with Gasteiger partial charge < -0.3 is 9.47 Å². The molecule has 82 valence electrons. The highest BCUT2D eigenvalue weighted by Crippen LogP contribution is 2.45. The maximum atomic E-state index is 11.8. The topological polar surface area (TPSA) is 52.6 Å². The lowest BCUT2D eigenvalue weighted by molar-refractivity contribution is -0.149. The van der Waals surface area contributed by atoms with Crippen LogP contribution in [0.15, 0.2) is 11.8 Å². The third-order valence-electron chi connectivity index (χ3n) is 3.19. The van der Waals surface area contributed by atoms with Crippen molar-refractivity contribution >= 4 is 11.8 Å². The van der Waals surface area contributed by atoms with Gasteiger partial charge in [0.05, 0.1) is 12.5 Å². The van der Waals surface area contributed by atoms with E-state index in [0.717, 1.165) is 0 Å². The molecule has 0 aromatic carbocycles. The summed E-state index contributed by atoms with van der Waals surface area (Å²) >= 11 is 0. The second-order valence-corrected chi connectivity index (χ2v) is 4.20. The molecule has 2 atom stereocenters. The van der Waals surface area contributed by atoms with Crippen LogP contribution in [0.25, 0.3) is 0 Å². The Hall–Kier alpha value is -1.32. The van der Waals surface area contributed by atoms with Crippen molar-refractivity contribution in [3.05, 3.63) is 11.8 Å². The van der Waals surface area contributed by atoms with Gasteiger partial charge in [0, 0.05) is 12.8 Å². The number of methoxy groups -OCH3 is 1. The van der Waals surface area contributed by atoms with Gasteiger partial charge in [-0.15, -0.1) is 0 Å². The minimum Gasteiger partial charge on any atom is -0.482 e. The van der Waals surface area contributed by atoms with E-state index < -0.39 is 17.5 Å². The molecule has 15 heavy (non-hydrogen) atoms. The van der Waals surface area contributed by atoms with Crippen molar-refractivity contribution in [2.45, 2.75) is 32.3 Å². The summed E-state index contributed by atoms with van der Waals surface area (Å²) in [6, 6.07) is 0. The first-order valence-corrected chi connectivity index (χ1v) is 5.06. The minimum atomic E-state index is -0.617. The van der Waals surface area contributed by atoms with Crippen LogP contribution in [0, 0.1) is 5.41 Å². The van der Waals surface area contributed by atoms with Gasteiger partial charge in [-0.3, -0.25) is 4.79 Å². The summed E-state index contributed by atoms with van der Waals surface area (Å²) in [6.45, 7) is 1.84. The highest BCUT2D eigenvalue weighted by molar-refractivity contribution is 5.90. The molecule has 0 radical (unpaired) electrons. The molecule has 0 saturated carbocycles. The van der Waals surface area contributed by atoms with Crippen molar-refractivity contribution in [3.63, 3.8) is 0 Å². The zero-order valence-corrected chi connectivity index (χ0v) is 8.91. The number of hydrogen-bond acceptors (Lipinski definition) is 4. The highest BCUT2D eigenvalue weighted by Gasteiger charge is 2.50. The first kappa shape index (κ1) is 10.2. The summed E-state index contributed by atoms with van der Waals surface area (Å²) < 4.78 is 10.1. The van der Waals surface area contributed by atoms with Gasteiger partial charge >= 0.3 is 5.97 Å². The van der Waals surface area contributed by atoms with E-state index in [1.54, 1.807) is 0 Å². The van der Waals surface area contributed by atoms with Crippen molar-refractivity contribution in [1.29, 1.82) is 0 Å². The molecule has 1 fully saturated rings. The fourth-order valence-electron chi connectivity index (χ4n) is 2.19. The highest BCUT2D eigenvalue weighted by atomic mass is 16.6. The molecule has 4 nitrogen and oxygen atoms in total. The number of fused-ring (bicyclic) bond motifs is 1. The number of rotatable bonds is 1. The van der Waals surface area contributed by atoms with Gasteiger partial charge in [-0.1, -0.05) is 0 Å². The molecule has 2 rings (SSSR count). The molecule has 1 saturated heterocycles. The van der Waals surface area contributed by atoms with Crippen molar-refractivity contribution < 1.29 is 19.1 Å². The normalized spacial score (nSPS) is 34.1. The van der Waals surface area contributed by atoms with Crippen LogP contribution >= 0.6 is 0 Å². The van der Waals surface area contributed by atoms with E-state index in [1.165, 1.54) is 7.11 Å². The van der Waals surface area contributed by atoms with Crippen LogP contribution in [0.4, 0.5) is 0 Å². The number of esters is 1. The molecule has 0 aromatic heterocycles. The second-order valence-electron chi connectivity index (χ2n) is 4.20. The lowest BCUT2D eigenvalue weighted by Gasteiger charge is -2.24. The molecular weight excluding hydrogens is 196 g/mol. The third kappa shape index (κ3) is 1.44. The fourth-order valence-corrected chi connectivity index (χ4v) is 2.19. The molecule has 2 unspecified atom stereocenters. The second kappa shape index (κ2) is 3.36. The quantitative estimate of drug-likeness (QED) is 0.610. The molecule has 0 N–H and O–H groups in total. The van der Waals surface area contributed by atoms with E-state index in [9.17, 15) is 9.59 Å². The van der Waals surface area contributed by atoms with Crippen LogP contribution < -0.4 is 0 Å². The molecule has 0 amide bonds. The average molecular weight is 210 g/mol. The molecular formula is C11H14O4. The predicted molar refractivity (Wildman–Crippen MR) is 51.9 cm³/mol. The molecule has 1 heterocycles. The molecule has 0 aromatic rings. The molecule has 1 aliphatic heterocycles. The number of ketones is 1. The standard InChI is InChI=1S/C11H14O4/c1-11-6-7(10(13)14-2)15-9(11)5-3-4-8(11)12/h5,7H,3-4,6H2,1-2H3. The number of hydrogen-bond donors (Lipinski definition) is 0. The van der Waals surface area contributed by atoms with E-state index in [4.69, 9.17) is 4.74 Å². The first-order chi connectivity index (χ1) is 7.08. The van der Waals surface area contributed by atoms with Crippen LogP contribution in [0.2, 0.25) is 0 Å². The van der Waals surface area contributed by atoms with Gasteiger partial charge in [0.25, 0.3) is 0 Å². The summed E-state index contributed by atoms with van der Waals surface area (Å²) in [5.41, 5.74) is -0.600. The average Bonchev–Trinajstić information content (AvgIpc) is 2.57. The first-order valence-electron chi connectivity index (χ1n) is 5.06. The number of allylic oxidation sites excluding steroid dienone is 2. The maximum absolute atomic E-state index is 11.8. The van der Waals surface area contributed by atoms with Gasteiger partial charge in [0.15, 0.2) is 6.10 Å². The number of carbonyl (C=O) groups is 2. The minimum absolute atomic E-state index is 0.159. The van der Waals surface area contributed by atoms with Crippen molar-refractivity contribution in [3.8, 4) is 0 Å². The number of carbonyl (C=O) groups excluding carboxylic acids is 2. The van der Waals surface area contributed by atoms with E-state index in [2.05, 4.69) is 4.74 Å². The van der Waals surface area contributed by atoms with Crippen LogP contribution in [0.5, 0.6) is 0 Å². The Morgan fingerprint density at radius 3 is 3.00 bits per heavy atom. The molecule has 2 aliphatic rings. The Labute approximate surface area is 88.2 Å². The Bertz CT molecular complexity index is 344. The Balaban J connectivity index is 2.25. The van der Waals surface area contributed by atoms with E-state index in [1.807, 2.05) is 13.0 Å². The predicted octanol–water partition coefficient (Wildman–Crippen LogP) is 1.20. The van der Waals surface area contributed by atoms with Crippen LogP contribution in [0.3, 0.4) is 0 Å². The SMILES string of the molecule is COC(=O)C1CC2(C)C(=O)CCC=C2O1. The van der Waals surface area contributed by atoms with Gasteiger partial charge in [0.1, 0.15) is 11.5 Å². The Kier molecular flexibility index (Phi) is 2.29. The summed E-state index contributed by atoms with van der Waals surface area (Å²) in [7, 11) is 1.33. The molecule has 4 heteroatoms. The molecule has 0 bridgehead atoms. The van der Waals surface area contributed by atoms with Crippen molar-refractivity contribution in [1.82, 2.24) is 0 Å². The maximum Gasteiger partial charge on any atom is 0.347 e.